The zero-order chi connectivity index (χ0) is 21.3. The summed E-state index contributed by atoms with van der Waals surface area (Å²) in [5.74, 6) is -1.21. The quantitative estimate of drug-likeness (QED) is 0.483. The normalized spacial score (nSPS) is 13.1. The lowest BCUT2D eigenvalue weighted by Gasteiger charge is -2.30. The smallest absolute Gasteiger partial charge is 0.339 e. The Morgan fingerprint density at radius 3 is 2.87 bits per heavy atom. The van der Waals surface area contributed by atoms with Gasteiger partial charge in [0, 0.05) is 41.7 Å². The fraction of sp³-hybridized carbons (Fsp3) is 0.208. The first-order valence-electron chi connectivity index (χ1n) is 9.73. The molecule has 5 nitrogen and oxygen atoms in total. The molecule has 0 unspecified atom stereocenters. The van der Waals surface area contributed by atoms with E-state index in [9.17, 15) is 14.0 Å². The van der Waals surface area contributed by atoms with Crippen molar-refractivity contribution in [1.29, 1.82) is 0 Å². The van der Waals surface area contributed by atoms with Gasteiger partial charge in [0.05, 0.1) is 11.1 Å². The van der Waals surface area contributed by atoms with Crippen LogP contribution >= 0.6 is 0 Å². The summed E-state index contributed by atoms with van der Waals surface area (Å²) in [6.07, 6.45) is 2.01. The van der Waals surface area contributed by atoms with Gasteiger partial charge in [-0.1, -0.05) is 30.4 Å². The van der Waals surface area contributed by atoms with Crippen LogP contribution in [0.5, 0.6) is 0 Å². The first-order valence-corrected chi connectivity index (χ1v) is 9.73. The number of halogens is 1. The zero-order valence-corrected chi connectivity index (χ0v) is 16.7. The SMILES string of the molecule is C=CCOC(=O)c1c2c(nc3ccc(C)cc13)CCN(C(=O)c1cccc(F)c1)C2. The highest BCUT2D eigenvalue weighted by molar-refractivity contribution is 6.05. The molecule has 0 spiro atoms. The third-order valence-corrected chi connectivity index (χ3v) is 5.19. The van der Waals surface area contributed by atoms with Crippen LogP contribution in [-0.2, 0) is 17.7 Å². The largest absolute Gasteiger partial charge is 0.458 e. The van der Waals surface area contributed by atoms with E-state index >= 15 is 0 Å². The highest BCUT2D eigenvalue weighted by Gasteiger charge is 2.29. The summed E-state index contributed by atoms with van der Waals surface area (Å²) >= 11 is 0. The van der Waals surface area contributed by atoms with Crippen molar-refractivity contribution in [3.8, 4) is 0 Å². The Morgan fingerprint density at radius 2 is 2.10 bits per heavy atom. The molecule has 4 rings (SSSR count). The summed E-state index contributed by atoms with van der Waals surface area (Å²) in [5.41, 5.74) is 3.87. The van der Waals surface area contributed by atoms with Crippen LogP contribution in [0.25, 0.3) is 10.9 Å². The molecule has 2 heterocycles. The third-order valence-electron chi connectivity index (χ3n) is 5.19. The first kappa shape index (κ1) is 19.8. The molecule has 0 aliphatic carbocycles. The number of amides is 1. The van der Waals surface area contributed by atoms with Gasteiger partial charge in [-0.3, -0.25) is 9.78 Å². The number of aromatic nitrogens is 1. The van der Waals surface area contributed by atoms with E-state index in [-0.39, 0.29) is 24.6 Å². The molecule has 0 N–H and O–H groups in total. The van der Waals surface area contributed by atoms with Crippen molar-refractivity contribution in [2.75, 3.05) is 13.2 Å². The zero-order valence-electron chi connectivity index (χ0n) is 16.7. The van der Waals surface area contributed by atoms with Crippen molar-refractivity contribution in [3.05, 3.63) is 88.9 Å². The molecule has 0 fully saturated rings. The van der Waals surface area contributed by atoms with Gasteiger partial charge >= 0.3 is 5.97 Å². The van der Waals surface area contributed by atoms with Crippen LogP contribution in [0.1, 0.15) is 37.5 Å². The second kappa shape index (κ2) is 8.06. The molecular weight excluding hydrogens is 383 g/mol. The molecule has 1 aliphatic rings. The maximum Gasteiger partial charge on any atom is 0.339 e. The number of fused-ring (bicyclic) bond motifs is 2. The maximum atomic E-state index is 13.6. The van der Waals surface area contributed by atoms with E-state index in [0.29, 0.717) is 29.5 Å². The number of benzene rings is 2. The van der Waals surface area contributed by atoms with Crippen molar-refractivity contribution in [2.45, 2.75) is 19.9 Å². The Morgan fingerprint density at radius 1 is 1.27 bits per heavy atom. The number of nitrogens with zero attached hydrogens (tertiary/aromatic N) is 2. The first-order chi connectivity index (χ1) is 14.5. The summed E-state index contributed by atoms with van der Waals surface area (Å²) in [7, 11) is 0. The summed E-state index contributed by atoms with van der Waals surface area (Å²) in [5, 5.41) is 0.697. The summed E-state index contributed by atoms with van der Waals surface area (Å²) in [6, 6.07) is 11.4. The number of hydrogen-bond acceptors (Lipinski definition) is 4. The van der Waals surface area contributed by atoms with Crippen LogP contribution in [0, 0.1) is 12.7 Å². The van der Waals surface area contributed by atoms with Crippen LogP contribution in [0.2, 0.25) is 0 Å². The van der Waals surface area contributed by atoms with E-state index in [1.54, 1.807) is 11.0 Å². The van der Waals surface area contributed by atoms with E-state index < -0.39 is 11.8 Å². The van der Waals surface area contributed by atoms with Crippen molar-refractivity contribution < 1.29 is 18.7 Å². The number of aryl methyl sites for hydroxylation is 1. The molecule has 0 bridgehead atoms. The van der Waals surface area contributed by atoms with Gasteiger partial charge in [0.15, 0.2) is 0 Å². The average molecular weight is 404 g/mol. The number of rotatable bonds is 4. The lowest BCUT2D eigenvalue weighted by Crippen LogP contribution is -2.37. The minimum absolute atomic E-state index is 0.0924. The number of ether oxygens (including phenoxy) is 1. The topological polar surface area (TPSA) is 59.5 Å². The second-order valence-electron chi connectivity index (χ2n) is 7.31. The highest BCUT2D eigenvalue weighted by atomic mass is 19.1. The molecular formula is C24H21FN2O3. The van der Waals surface area contributed by atoms with Crippen molar-refractivity contribution in [2.24, 2.45) is 0 Å². The second-order valence-corrected chi connectivity index (χ2v) is 7.31. The minimum Gasteiger partial charge on any atom is -0.458 e. The molecule has 0 atom stereocenters. The summed E-state index contributed by atoms with van der Waals surface area (Å²) < 4.78 is 18.9. The molecule has 1 aliphatic heterocycles. The number of hydrogen-bond donors (Lipinski definition) is 0. The van der Waals surface area contributed by atoms with Crippen LogP contribution in [0.3, 0.4) is 0 Å². The number of carbonyl (C=O) groups excluding carboxylic acids is 2. The Hall–Kier alpha value is -3.54. The predicted octanol–water partition coefficient (Wildman–Crippen LogP) is 4.22. The van der Waals surface area contributed by atoms with Gasteiger partial charge in [-0.15, -0.1) is 0 Å². The van der Waals surface area contributed by atoms with E-state index in [0.717, 1.165) is 16.8 Å². The Balaban J connectivity index is 1.79. The maximum absolute atomic E-state index is 13.6. The lowest BCUT2D eigenvalue weighted by molar-refractivity contribution is 0.0544. The van der Waals surface area contributed by atoms with Crippen molar-refractivity contribution >= 4 is 22.8 Å². The average Bonchev–Trinajstić information content (AvgIpc) is 2.75. The molecule has 1 aromatic heterocycles. The predicted molar refractivity (Wildman–Crippen MR) is 112 cm³/mol. The van der Waals surface area contributed by atoms with Crippen LogP contribution in [0.15, 0.2) is 55.1 Å². The van der Waals surface area contributed by atoms with E-state index in [1.807, 2.05) is 25.1 Å². The van der Waals surface area contributed by atoms with Gasteiger partial charge in [-0.25, -0.2) is 9.18 Å². The van der Waals surface area contributed by atoms with Gasteiger partial charge in [0.25, 0.3) is 5.91 Å². The molecule has 6 heteroatoms. The molecule has 1 amide bonds. The summed E-state index contributed by atoms with van der Waals surface area (Å²) in [6.45, 7) is 6.27. The van der Waals surface area contributed by atoms with E-state index in [4.69, 9.17) is 9.72 Å². The third kappa shape index (κ3) is 3.68. The Kier molecular flexibility index (Phi) is 5.31. The molecule has 3 aromatic rings. The van der Waals surface area contributed by atoms with Gasteiger partial charge < -0.3 is 9.64 Å². The Bertz CT molecular complexity index is 1170. The molecule has 0 saturated heterocycles. The van der Waals surface area contributed by atoms with Crippen LogP contribution in [0.4, 0.5) is 4.39 Å². The monoisotopic (exact) mass is 404 g/mol. The van der Waals surface area contributed by atoms with Crippen LogP contribution < -0.4 is 0 Å². The molecule has 2 aromatic carbocycles. The fourth-order valence-electron chi connectivity index (χ4n) is 3.77. The van der Waals surface area contributed by atoms with Crippen molar-refractivity contribution in [1.82, 2.24) is 9.88 Å². The standard InChI is InChI=1S/C24H21FN2O3/c1-3-11-30-24(29)22-18-12-15(2)7-8-20(18)26-21-9-10-27(14-19(21)22)23(28)16-5-4-6-17(25)13-16/h3-8,12-13H,1,9-11,14H2,2H3. The molecule has 30 heavy (non-hydrogen) atoms. The van der Waals surface area contributed by atoms with E-state index in [2.05, 4.69) is 6.58 Å². The molecule has 0 saturated carbocycles. The molecule has 152 valence electrons. The fourth-order valence-corrected chi connectivity index (χ4v) is 3.77. The number of carbonyl (C=O) groups is 2. The van der Waals surface area contributed by atoms with Gasteiger partial charge in [0.1, 0.15) is 12.4 Å². The van der Waals surface area contributed by atoms with Crippen molar-refractivity contribution in [3.63, 3.8) is 0 Å². The van der Waals surface area contributed by atoms with Gasteiger partial charge in [-0.2, -0.15) is 0 Å². The Labute approximate surface area is 173 Å². The summed E-state index contributed by atoms with van der Waals surface area (Å²) in [4.78, 5) is 32.2. The van der Waals surface area contributed by atoms with Crippen LogP contribution in [-0.4, -0.2) is 34.9 Å². The molecule has 0 radical (unpaired) electrons. The highest BCUT2D eigenvalue weighted by Crippen LogP contribution is 2.30. The lowest BCUT2D eigenvalue weighted by atomic mass is 9.94. The van der Waals surface area contributed by atoms with E-state index in [1.165, 1.54) is 24.3 Å². The number of pyridine rings is 1. The van der Waals surface area contributed by atoms with Gasteiger partial charge in [-0.05, 0) is 37.3 Å². The van der Waals surface area contributed by atoms with Gasteiger partial charge in [0.2, 0.25) is 0 Å². The minimum atomic E-state index is -0.468. The number of esters is 1.